The summed E-state index contributed by atoms with van der Waals surface area (Å²) >= 11 is 1.78. The summed E-state index contributed by atoms with van der Waals surface area (Å²) in [6.07, 6.45) is 3.83. The van der Waals surface area contributed by atoms with Gasteiger partial charge in [0.25, 0.3) is 5.91 Å². The molecule has 2 aromatic carbocycles. The van der Waals surface area contributed by atoms with Crippen LogP contribution in [0.3, 0.4) is 0 Å². The SMILES string of the molecule is CCC#CCNC[C@@H](O)[C@H](Cc1ccccc1)NC(=O)c1cc2c3c(cn(CC)c3c1)CCSN2C. The van der Waals surface area contributed by atoms with E-state index in [1.165, 1.54) is 10.9 Å². The molecule has 0 fully saturated rings. The number of anilines is 1. The summed E-state index contributed by atoms with van der Waals surface area (Å²) < 4.78 is 4.40. The number of carbonyl (C=O) groups excluding carboxylic acids is 1. The second-order valence-corrected chi connectivity index (χ2v) is 10.3. The molecule has 0 unspecified atom stereocenters. The smallest absolute Gasteiger partial charge is 0.251 e. The van der Waals surface area contributed by atoms with Gasteiger partial charge < -0.3 is 24.6 Å². The van der Waals surface area contributed by atoms with E-state index in [1.54, 1.807) is 11.9 Å². The summed E-state index contributed by atoms with van der Waals surface area (Å²) in [5, 5.41) is 18.6. The first-order chi connectivity index (χ1) is 17.5. The first-order valence-electron chi connectivity index (χ1n) is 12.7. The number of rotatable bonds is 9. The number of hydrogen-bond acceptors (Lipinski definition) is 5. The number of aliphatic hydroxyl groups is 1. The number of nitrogens with zero attached hydrogens (tertiary/aromatic N) is 2. The average molecular weight is 505 g/mol. The molecule has 0 aliphatic carbocycles. The fraction of sp³-hybridized carbons (Fsp3) is 0.414. The Morgan fingerprint density at radius 2 is 2.00 bits per heavy atom. The Balaban J connectivity index is 1.60. The van der Waals surface area contributed by atoms with Crippen LogP contribution in [0.4, 0.5) is 5.69 Å². The highest BCUT2D eigenvalue weighted by Crippen LogP contribution is 2.38. The molecule has 1 aliphatic heterocycles. The van der Waals surface area contributed by atoms with Gasteiger partial charge in [0.15, 0.2) is 0 Å². The van der Waals surface area contributed by atoms with Crippen molar-refractivity contribution in [3.8, 4) is 11.8 Å². The van der Waals surface area contributed by atoms with Gasteiger partial charge in [-0.3, -0.25) is 4.79 Å². The summed E-state index contributed by atoms with van der Waals surface area (Å²) in [4.78, 5) is 13.6. The normalized spacial score (nSPS) is 14.6. The lowest BCUT2D eigenvalue weighted by atomic mass is 10.00. The highest BCUT2D eigenvalue weighted by molar-refractivity contribution is 8.00. The standard InChI is InChI=1S/C29H36N4O2S/c1-4-6-10-14-30-19-27(34)24(16-21-11-8-7-9-12-21)31-29(35)23-17-25-28-22(13-15-36-32(25)3)20-33(5-2)26(28)18-23/h7-9,11-12,17-18,20,24,27,30,34H,4-5,13-16,19H2,1-3H3,(H,31,35)/t24-,27+/m0/s1. The molecule has 0 spiro atoms. The van der Waals surface area contributed by atoms with Crippen LogP contribution in [0.2, 0.25) is 0 Å². The maximum absolute atomic E-state index is 13.6. The van der Waals surface area contributed by atoms with Gasteiger partial charge in [-0.05, 0) is 55.0 Å². The zero-order valence-electron chi connectivity index (χ0n) is 21.4. The highest BCUT2D eigenvalue weighted by Gasteiger charge is 2.25. The predicted octanol–water partition coefficient (Wildman–Crippen LogP) is 4.01. The number of nitrogens with one attached hydrogen (secondary N) is 2. The number of hydrogen-bond donors (Lipinski definition) is 3. The van der Waals surface area contributed by atoms with Crippen LogP contribution in [-0.2, 0) is 19.4 Å². The lowest BCUT2D eigenvalue weighted by Gasteiger charge is -2.25. The second kappa shape index (κ2) is 12.4. The minimum atomic E-state index is -0.757. The predicted molar refractivity (Wildman–Crippen MR) is 151 cm³/mol. The Morgan fingerprint density at radius 3 is 2.75 bits per heavy atom. The van der Waals surface area contributed by atoms with Crippen molar-refractivity contribution in [2.45, 2.75) is 51.8 Å². The van der Waals surface area contributed by atoms with Crippen LogP contribution in [0.5, 0.6) is 0 Å². The molecule has 1 amide bonds. The van der Waals surface area contributed by atoms with Gasteiger partial charge in [0.05, 0.1) is 29.9 Å². The molecule has 2 heterocycles. The summed E-state index contributed by atoms with van der Waals surface area (Å²) in [5.41, 5.74) is 5.16. The van der Waals surface area contributed by atoms with Crippen molar-refractivity contribution in [2.75, 3.05) is 30.2 Å². The van der Waals surface area contributed by atoms with E-state index in [-0.39, 0.29) is 5.91 Å². The Hall–Kier alpha value is -2.92. The van der Waals surface area contributed by atoms with Crippen LogP contribution in [0.1, 0.15) is 41.8 Å². The van der Waals surface area contributed by atoms with Crippen molar-refractivity contribution >= 4 is 34.4 Å². The number of aromatic nitrogens is 1. The summed E-state index contributed by atoms with van der Waals surface area (Å²) in [6, 6.07) is 13.5. The summed E-state index contributed by atoms with van der Waals surface area (Å²) in [7, 11) is 2.06. The van der Waals surface area contributed by atoms with E-state index in [0.29, 0.717) is 25.1 Å². The lowest BCUT2D eigenvalue weighted by molar-refractivity contribution is 0.0833. The third-order valence-corrected chi connectivity index (χ3v) is 7.56. The van der Waals surface area contributed by atoms with Crippen molar-refractivity contribution < 1.29 is 9.90 Å². The number of benzene rings is 2. The zero-order chi connectivity index (χ0) is 25.5. The van der Waals surface area contributed by atoms with E-state index < -0.39 is 12.1 Å². The topological polar surface area (TPSA) is 69.5 Å². The van der Waals surface area contributed by atoms with Gasteiger partial charge in [0, 0.05) is 49.5 Å². The van der Waals surface area contributed by atoms with E-state index in [0.717, 1.165) is 41.9 Å². The fourth-order valence-corrected chi connectivity index (χ4v) is 5.57. The van der Waals surface area contributed by atoms with E-state index in [4.69, 9.17) is 0 Å². The van der Waals surface area contributed by atoms with Crippen molar-refractivity contribution in [3.05, 3.63) is 65.4 Å². The van der Waals surface area contributed by atoms with Crippen molar-refractivity contribution in [1.82, 2.24) is 15.2 Å². The van der Waals surface area contributed by atoms with E-state index in [2.05, 4.69) is 51.5 Å². The van der Waals surface area contributed by atoms with Gasteiger partial charge in [-0.1, -0.05) is 43.2 Å². The third kappa shape index (κ3) is 6.07. The van der Waals surface area contributed by atoms with E-state index in [1.807, 2.05) is 49.4 Å². The molecule has 1 aromatic heterocycles. The maximum Gasteiger partial charge on any atom is 0.251 e. The minimum absolute atomic E-state index is 0.174. The van der Waals surface area contributed by atoms with Crippen LogP contribution >= 0.6 is 11.9 Å². The summed E-state index contributed by atoms with van der Waals surface area (Å²) in [5.74, 6) is 6.89. The van der Waals surface area contributed by atoms with Crippen LogP contribution in [0, 0.1) is 11.8 Å². The number of amides is 1. The Labute approximate surface area is 218 Å². The Kier molecular flexibility index (Phi) is 8.98. The second-order valence-electron chi connectivity index (χ2n) is 9.09. The minimum Gasteiger partial charge on any atom is -0.390 e. The van der Waals surface area contributed by atoms with Crippen LogP contribution in [-0.4, -0.2) is 53.6 Å². The molecule has 4 rings (SSSR count). The average Bonchev–Trinajstić information content (AvgIpc) is 3.17. The van der Waals surface area contributed by atoms with Crippen LogP contribution < -0.4 is 14.9 Å². The molecule has 0 saturated heterocycles. The molecule has 3 aromatic rings. The van der Waals surface area contributed by atoms with Crippen molar-refractivity contribution in [3.63, 3.8) is 0 Å². The van der Waals surface area contributed by atoms with Crippen LogP contribution in [0.15, 0.2) is 48.7 Å². The monoisotopic (exact) mass is 504 g/mol. The van der Waals surface area contributed by atoms with Gasteiger partial charge in [0.2, 0.25) is 0 Å². The van der Waals surface area contributed by atoms with E-state index >= 15 is 0 Å². The van der Waals surface area contributed by atoms with Gasteiger partial charge in [-0.25, -0.2) is 0 Å². The quantitative estimate of drug-likeness (QED) is 0.233. The Morgan fingerprint density at radius 1 is 1.19 bits per heavy atom. The van der Waals surface area contributed by atoms with E-state index in [9.17, 15) is 9.90 Å². The molecule has 7 heteroatoms. The number of aryl methyl sites for hydroxylation is 2. The Bertz CT molecular complexity index is 1240. The molecule has 0 radical (unpaired) electrons. The largest absolute Gasteiger partial charge is 0.390 e. The van der Waals surface area contributed by atoms with Crippen molar-refractivity contribution in [2.24, 2.45) is 0 Å². The third-order valence-electron chi connectivity index (χ3n) is 6.59. The van der Waals surface area contributed by atoms with Crippen molar-refractivity contribution in [1.29, 1.82) is 0 Å². The van der Waals surface area contributed by atoms with Gasteiger partial charge in [-0.15, -0.1) is 5.92 Å². The van der Waals surface area contributed by atoms with Gasteiger partial charge >= 0.3 is 0 Å². The molecule has 2 atom stereocenters. The maximum atomic E-state index is 13.6. The molecule has 6 nitrogen and oxygen atoms in total. The fourth-order valence-electron chi connectivity index (χ4n) is 4.70. The molecule has 190 valence electrons. The lowest BCUT2D eigenvalue weighted by Crippen LogP contribution is -2.48. The molecule has 36 heavy (non-hydrogen) atoms. The molecule has 0 saturated carbocycles. The first kappa shape index (κ1) is 26.2. The summed E-state index contributed by atoms with van der Waals surface area (Å²) in [6.45, 7) is 5.85. The molecule has 0 bridgehead atoms. The molecular formula is C29H36N4O2S. The first-order valence-corrected chi connectivity index (χ1v) is 13.7. The molecular weight excluding hydrogens is 468 g/mol. The van der Waals surface area contributed by atoms with Gasteiger partial charge in [0.1, 0.15) is 0 Å². The highest BCUT2D eigenvalue weighted by atomic mass is 32.2. The van der Waals surface area contributed by atoms with Gasteiger partial charge in [-0.2, -0.15) is 0 Å². The molecule has 1 aliphatic rings. The number of aliphatic hydroxyl groups excluding tert-OH is 1. The zero-order valence-corrected chi connectivity index (χ0v) is 22.2. The number of carbonyl (C=O) groups is 1. The molecule has 3 N–H and O–H groups in total. The van der Waals surface area contributed by atoms with Crippen LogP contribution in [0.25, 0.3) is 10.9 Å².